The quantitative estimate of drug-likeness (QED) is 0.120. The van der Waals surface area contributed by atoms with Crippen molar-refractivity contribution in [2.45, 2.75) is 37.8 Å². The van der Waals surface area contributed by atoms with Crippen LogP contribution in [0.5, 0.6) is 0 Å². The molecule has 52 heavy (non-hydrogen) atoms. The number of hydrogen-bond donors (Lipinski definition) is 4. The summed E-state index contributed by atoms with van der Waals surface area (Å²) in [7, 11) is 0. The molecule has 1 fully saturated rings. The molecule has 8 aromatic rings. The third-order valence-corrected chi connectivity index (χ3v) is 10.1. The van der Waals surface area contributed by atoms with Crippen molar-refractivity contribution >= 4 is 79.1 Å². The van der Waals surface area contributed by atoms with Crippen LogP contribution >= 0.6 is 23.2 Å². The number of para-hydroxylation sites is 2. The highest BCUT2D eigenvalue weighted by atomic mass is 35.5. The molecule has 0 amide bonds. The zero-order valence-electron chi connectivity index (χ0n) is 27.7. The number of pyridine rings is 2. The van der Waals surface area contributed by atoms with Crippen LogP contribution in [0.3, 0.4) is 0 Å². The van der Waals surface area contributed by atoms with Crippen LogP contribution in [0.1, 0.15) is 25.7 Å². The number of nitrogens with zero attached hydrogens (tertiary/aromatic N) is 7. The first kappa shape index (κ1) is 32.0. The van der Waals surface area contributed by atoms with Gasteiger partial charge in [0.2, 0.25) is 0 Å². The fourth-order valence-corrected chi connectivity index (χ4v) is 7.36. The molecule has 0 atom stereocenters. The summed E-state index contributed by atoms with van der Waals surface area (Å²) in [5.74, 6) is 3.11. The van der Waals surface area contributed by atoms with Gasteiger partial charge >= 0.3 is 0 Å². The number of nitrogens with one attached hydrogen (secondary N) is 4. The fourth-order valence-electron chi connectivity index (χ4n) is 6.80. The van der Waals surface area contributed by atoms with E-state index in [0.717, 1.165) is 75.5 Å². The zero-order valence-corrected chi connectivity index (χ0v) is 29.2. The molecular formula is C39H31Cl2N11. The summed E-state index contributed by atoms with van der Waals surface area (Å²) in [5, 5.41) is 21.5. The van der Waals surface area contributed by atoms with Gasteiger partial charge < -0.3 is 16.0 Å². The maximum atomic E-state index is 7.09. The highest BCUT2D eigenvalue weighted by Crippen LogP contribution is 2.39. The minimum Gasteiger partial charge on any atom is -0.367 e. The molecule has 1 aliphatic rings. The number of anilines is 4. The summed E-state index contributed by atoms with van der Waals surface area (Å²) in [6.45, 7) is 0. The molecule has 5 heterocycles. The molecule has 0 saturated heterocycles. The van der Waals surface area contributed by atoms with Gasteiger partial charge in [0.25, 0.3) is 0 Å². The van der Waals surface area contributed by atoms with Crippen LogP contribution in [0, 0.1) is 0 Å². The summed E-state index contributed by atoms with van der Waals surface area (Å²) in [6.07, 6.45) is 10.6. The Morgan fingerprint density at radius 1 is 0.654 bits per heavy atom. The largest absolute Gasteiger partial charge is 0.367 e. The van der Waals surface area contributed by atoms with E-state index >= 15 is 0 Å². The van der Waals surface area contributed by atoms with Crippen LogP contribution < -0.4 is 16.0 Å². The summed E-state index contributed by atoms with van der Waals surface area (Å²) < 4.78 is 0. The Balaban J connectivity index is 0.944. The van der Waals surface area contributed by atoms with Crippen molar-refractivity contribution in [3.63, 3.8) is 0 Å². The predicted molar refractivity (Wildman–Crippen MR) is 208 cm³/mol. The van der Waals surface area contributed by atoms with E-state index in [2.05, 4.69) is 42.2 Å². The molecule has 0 bridgehead atoms. The monoisotopic (exact) mass is 723 g/mol. The number of benzene rings is 3. The normalized spacial score (nSPS) is 16.0. The summed E-state index contributed by atoms with van der Waals surface area (Å²) in [6, 6.07) is 26.2. The number of aromatic nitrogens is 8. The maximum Gasteiger partial charge on any atom is 0.165 e. The van der Waals surface area contributed by atoms with E-state index in [1.165, 1.54) is 0 Å². The lowest BCUT2D eigenvalue weighted by Gasteiger charge is -2.31. The Morgan fingerprint density at radius 3 is 2.06 bits per heavy atom. The number of rotatable bonds is 8. The van der Waals surface area contributed by atoms with Crippen LogP contribution in [-0.4, -0.2) is 52.2 Å². The summed E-state index contributed by atoms with van der Waals surface area (Å²) >= 11 is 13.9. The number of hydrogen-bond acceptors (Lipinski definition) is 10. The number of fused-ring (bicyclic) bond motifs is 3. The Morgan fingerprint density at radius 2 is 1.31 bits per heavy atom. The van der Waals surface area contributed by atoms with Crippen molar-refractivity contribution in [1.82, 2.24) is 40.1 Å². The van der Waals surface area contributed by atoms with Gasteiger partial charge in [-0.1, -0.05) is 47.5 Å². The fraction of sp³-hybridized carbons (Fsp3) is 0.154. The molecular weight excluding hydrogens is 693 g/mol. The van der Waals surface area contributed by atoms with Gasteiger partial charge in [0.05, 0.1) is 38.4 Å². The standard InChI is InChI=1S/C39H31Cl2N11/c40-29-21-43-39(34(41)33(29)38-49-32-8-4-2-6-28(32)37(51-38)47-26-13-14-30-23(19-26)20-44-52-30)46-25-11-9-24(10-12-25)45-36-27-5-1-3-7-31(27)48-35(50-36)22-15-17-42-18-16-22/h1-8,13-21,24-25H,9-12H2,(H,43,46)(H,44,52)(H,45,48,50)(H,47,49,51). The van der Waals surface area contributed by atoms with Gasteiger partial charge in [-0.25, -0.2) is 24.9 Å². The summed E-state index contributed by atoms with van der Waals surface area (Å²) in [5.41, 5.74) is 4.93. The van der Waals surface area contributed by atoms with Gasteiger partial charge in [-0.15, -0.1) is 0 Å². The highest BCUT2D eigenvalue weighted by molar-refractivity contribution is 6.40. The molecule has 3 aromatic carbocycles. The Hall–Kier alpha value is -5.91. The van der Waals surface area contributed by atoms with E-state index in [4.69, 9.17) is 43.1 Å². The molecule has 1 aliphatic carbocycles. The third-order valence-electron chi connectivity index (χ3n) is 9.45. The second-order valence-corrected chi connectivity index (χ2v) is 13.6. The minimum atomic E-state index is 0.166. The lowest BCUT2D eigenvalue weighted by Crippen LogP contribution is -2.33. The molecule has 1 saturated carbocycles. The molecule has 0 unspecified atom stereocenters. The number of aromatic amines is 1. The topological polar surface area (TPSA) is 142 Å². The molecule has 11 nitrogen and oxygen atoms in total. The van der Waals surface area contributed by atoms with Gasteiger partial charge in [-0.2, -0.15) is 5.10 Å². The lowest BCUT2D eigenvalue weighted by molar-refractivity contribution is 0.428. The summed E-state index contributed by atoms with van der Waals surface area (Å²) in [4.78, 5) is 28.3. The predicted octanol–water partition coefficient (Wildman–Crippen LogP) is 9.46. The first-order valence-corrected chi connectivity index (χ1v) is 17.8. The smallest absolute Gasteiger partial charge is 0.165 e. The molecule has 256 valence electrons. The molecule has 13 heteroatoms. The van der Waals surface area contributed by atoms with E-state index in [9.17, 15) is 0 Å². The zero-order chi connectivity index (χ0) is 35.0. The SMILES string of the molecule is Clc1cnc(NC2CCC(Nc3nc(-c4ccncc4)nc4ccccc34)CC2)c(Cl)c1-c1nc(Nc2ccc3[nH]ncc3c2)c2ccccc2n1. The molecule has 9 rings (SSSR count). The maximum absolute atomic E-state index is 7.09. The van der Waals surface area contributed by atoms with Gasteiger partial charge in [0.15, 0.2) is 11.6 Å². The second-order valence-electron chi connectivity index (χ2n) is 12.8. The minimum absolute atomic E-state index is 0.166. The van der Waals surface area contributed by atoms with Gasteiger partial charge in [0, 0.05) is 58.1 Å². The van der Waals surface area contributed by atoms with Crippen molar-refractivity contribution in [1.29, 1.82) is 0 Å². The van der Waals surface area contributed by atoms with E-state index in [-0.39, 0.29) is 12.1 Å². The average molecular weight is 725 g/mol. The third kappa shape index (κ3) is 6.29. The second kappa shape index (κ2) is 13.7. The molecule has 0 spiro atoms. The van der Waals surface area contributed by atoms with E-state index < -0.39 is 0 Å². The van der Waals surface area contributed by atoms with Crippen molar-refractivity contribution in [2.24, 2.45) is 0 Å². The molecule has 4 N–H and O–H groups in total. The van der Waals surface area contributed by atoms with Gasteiger partial charge in [-0.05, 0) is 80.3 Å². The Kier molecular flexibility index (Phi) is 8.42. The van der Waals surface area contributed by atoms with Crippen LogP contribution in [-0.2, 0) is 0 Å². The Labute approximate surface area is 308 Å². The highest BCUT2D eigenvalue weighted by Gasteiger charge is 2.25. The van der Waals surface area contributed by atoms with Gasteiger partial charge in [0.1, 0.15) is 17.5 Å². The van der Waals surface area contributed by atoms with E-state index in [1.54, 1.807) is 24.8 Å². The average Bonchev–Trinajstić information content (AvgIpc) is 3.65. The van der Waals surface area contributed by atoms with Crippen LogP contribution in [0.25, 0.3) is 55.5 Å². The van der Waals surface area contributed by atoms with Crippen molar-refractivity contribution in [2.75, 3.05) is 16.0 Å². The van der Waals surface area contributed by atoms with Gasteiger partial charge in [-0.3, -0.25) is 10.1 Å². The van der Waals surface area contributed by atoms with Crippen LogP contribution in [0.4, 0.5) is 23.1 Å². The van der Waals surface area contributed by atoms with Crippen molar-refractivity contribution < 1.29 is 0 Å². The lowest BCUT2D eigenvalue weighted by atomic mass is 9.91. The van der Waals surface area contributed by atoms with Crippen LogP contribution in [0.15, 0.2) is 104 Å². The first-order chi connectivity index (χ1) is 25.6. The first-order valence-electron chi connectivity index (χ1n) is 17.1. The van der Waals surface area contributed by atoms with Crippen molar-refractivity contribution in [3.8, 4) is 22.8 Å². The molecule has 5 aromatic heterocycles. The van der Waals surface area contributed by atoms with Crippen molar-refractivity contribution in [3.05, 3.63) is 114 Å². The molecule has 0 aliphatic heterocycles. The Bertz CT molecular complexity index is 2570. The molecule has 0 radical (unpaired) electrons. The van der Waals surface area contributed by atoms with Crippen LogP contribution in [0.2, 0.25) is 10.0 Å². The van der Waals surface area contributed by atoms with E-state index in [0.29, 0.717) is 38.9 Å². The number of halogens is 2. The number of H-pyrrole nitrogens is 1. The van der Waals surface area contributed by atoms with E-state index in [1.807, 2.05) is 72.8 Å².